The van der Waals surface area contributed by atoms with Crippen LogP contribution in [0.1, 0.15) is 52.9 Å². The Balaban J connectivity index is 1.51. The molecule has 1 amide bonds. The van der Waals surface area contributed by atoms with E-state index in [4.69, 9.17) is 4.74 Å². The molecule has 7 nitrogen and oxygen atoms in total. The molecule has 4 fully saturated rings. The van der Waals surface area contributed by atoms with Crippen molar-refractivity contribution in [3.05, 3.63) is 6.33 Å². The number of hydrogen-bond acceptors (Lipinski definition) is 5. The van der Waals surface area contributed by atoms with Crippen molar-refractivity contribution in [3.63, 3.8) is 0 Å². The highest BCUT2D eigenvalue weighted by Crippen LogP contribution is 2.66. The van der Waals surface area contributed by atoms with E-state index in [0.717, 1.165) is 25.8 Å². The number of rotatable bonds is 3. The third kappa shape index (κ3) is 2.60. The zero-order chi connectivity index (χ0) is 16.3. The van der Waals surface area contributed by atoms with Crippen LogP contribution in [0.25, 0.3) is 0 Å². The Bertz CT molecular complexity index is 610. The number of ether oxygens (including phenoxy) is 1. The monoisotopic (exact) mass is 319 g/mol. The van der Waals surface area contributed by atoms with Gasteiger partial charge in [-0.05, 0) is 80.6 Å². The Kier molecular flexibility index (Phi) is 3.03. The van der Waals surface area contributed by atoms with Crippen molar-refractivity contribution >= 4 is 6.09 Å². The van der Waals surface area contributed by atoms with Gasteiger partial charge in [-0.25, -0.2) is 9.48 Å². The van der Waals surface area contributed by atoms with Crippen LogP contribution >= 0.6 is 0 Å². The van der Waals surface area contributed by atoms with Crippen molar-refractivity contribution < 1.29 is 9.53 Å². The van der Waals surface area contributed by atoms with E-state index in [9.17, 15) is 4.79 Å². The second kappa shape index (κ2) is 4.68. The van der Waals surface area contributed by atoms with Gasteiger partial charge in [-0.3, -0.25) is 0 Å². The predicted octanol–water partition coefficient (Wildman–Crippen LogP) is 2.15. The van der Waals surface area contributed by atoms with E-state index in [1.807, 2.05) is 25.5 Å². The first-order valence-electron chi connectivity index (χ1n) is 8.50. The maximum absolute atomic E-state index is 12.3. The van der Waals surface area contributed by atoms with Crippen LogP contribution in [0, 0.1) is 17.3 Å². The largest absolute Gasteiger partial charge is 0.444 e. The lowest BCUT2D eigenvalue weighted by Crippen LogP contribution is -2.52. The van der Waals surface area contributed by atoms with Crippen LogP contribution in [-0.2, 0) is 11.3 Å². The Hall–Kier alpha value is -1.66. The number of carbonyl (C=O) groups is 1. The Morgan fingerprint density at radius 3 is 2.91 bits per heavy atom. The third-order valence-electron chi connectivity index (χ3n) is 5.78. The first-order chi connectivity index (χ1) is 10.8. The van der Waals surface area contributed by atoms with Crippen LogP contribution in [0.15, 0.2) is 6.33 Å². The molecule has 4 bridgehead atoms. The minimum absolute atomic E-state index is 0.0841. The summed E-state index contributed by atoms with van der Waals surface area (Å²) in [5, 5.41) is 14.8. The minimum atomic E-state index is -0.458. The zero-order valence-corrected chi connectivity index (χ0v) is 14.1. The molecule has 5 rings (SSSR count). The molecule has 4 aliphatic rings. The maximum Gasteiger partial charge on any atom is 0.408 e. The second-order valence-electron chi connectivity index (χ2n) is 8.88. The molecule has 4 unspecified atom stereocenters. The molecule has 7 heteroatoms. The van der Waals surface area contributed by atoms with E-state index in [1.54, 1.807) is 6.33 Å². The molecule has 23 heavy (non-hydrogen) atoms. The molecular formula is C16H25N5O2. The standard InChI is InChI=1S/C16H25N5O2/c1-14(2,3)23-13(22)18-16-6-11-4-12(16)7-15(5-11,8-16)9-21-10-17-19-20-21/h10-12H,4-9H2,1-3H3,(H,18,22). The van der Waals surface area contributed by atoms with Gasteiger partial charge in [-0.1, -0.05) is 0 Å². The van der Waals surface area contributed by atoms with Crippen molar-refractivity contribution in [2.75, 3.05) is 0 Å². The quantitative estimate of drug-likeness (QED) is 0.923. The van der Waals surface area contributed by atoms with Gasteiger partial charge < -0.3 is 10.1 Å². The number of nitrogens with zero attached hydrogens (tertiary/aromatic N) is 4. The normalized spacial score (nSPS) is 38.0. The van der Waals surface area contributed by atoms with Gasteiger partial charge in [0, 0.05) is 5.54 Å². The van der Waals surface area contributed by atoms with Crippen molar-refractivity contribution in [1.82, 2.24) is 25.5 Å². The number of amides is 1. The van der Waals surface area contributed by atoms with Crippen molar-refractivity contribution in [2.24, 2.45) is 17.3 Å². The van der Waals surface area contributed by atoms with Gasteiger partial charge in [0.1, 0.15) is 11.9 Å². The van der Waals surface area contributed by atoms with E-state index in [-0.39, 0.29) is 17.0 Å². The van der Waals surface area contributed by atoms with Crippen molar-refractivity contribution in [3.8, 4) is 0 Å². The highest BCUT2D eigenvalue weighted by Gasteiger charge is 2.64. The summed E-state index contributed by atoms with van der Waals surface area (Å²) in [5.74, 6) is 1.26. The van der Waals surface area contributed by atoms with Crippen LogP contribution in [0.5, 0.6) is 0 Å². The fourth-order valence-corrected chi connectivity index (χ4v) is 5.56. The van der Waals surface area contributed by atoms with Gasteiger partial charge in [0.2, 0.25) is 0 Å². The van der Waals surface area contributed by atoms with E-state index in [0.29, 0.717) is 11.8 Å². The third-order valence-corrected chi connectivity index (χ3v) is 5.78. The Morgan fingerprint density at radius 2 is 2.22 bits per heavy atom. The molecule has 0 saturated heterocycles. The molecule has 1 heterocycles. The van der Waals surface area contributed by atoms with Gasteiger partial charge in [0.25, 0.3) is 0 Å². The second-order valence-corrected chi connectivity index (χ2v) is 8.88. The van der Waals surface area contributed by atoms with Gasteiger partial charge in [0.15, 0.2) is 0 Å². The summed E-state index contributed by atoms with van der Waals surface area (Å²) < 4.78 is 7.35. The molecule has 0 aromatic carbocycles. The first-order valence-corrected chi connectivity index (χ1v) is 8.50. The molecule has 4 atom stereocenters. The molecule has 0 aliphatic heterocycles. The fraction of sp³-hybridized carbons (Fsp3) is 0.875. The summed E-state index contributed by atoms with van der Waals surface area (Å²) in [5.41, 5.74) is -0.323. The summed E-state index contributed by atoms with van der Waals surface area (Å²) >= 11 is 0. The summed E-state index contributed by atoms with van der Waals surface area (Å²) in [6.45, 7) is 6.57. The number of aromatic nitrogens is 4. The maximum atomic E-state index is 12.3. The Morgan fingerprint density at radius 1 is 1.39 bits per heavy atom. The lowest BCUT2D eigenvalue weighted by atomic mass is 9.68. The molecule has 1 aromatic heterocycles. The van der Waals surface area contributed by atoms with Gasteiger partial charge in [0.05, 0.1) is 6.54 Å². The lowest BCUT2D eigenvalue weighted by molar-refractivity contribution is 0.0400. The van der Waals surface area contributed by atoms with Crippen molar-refractivity contribution in [2.45, 2.75) is 70.6 Å². The topological polar surface area (TPSA) is 81.9 Å². The molecule has 126 valence electrons. The van der Waals surface area contributed by atoms with Crippen molar-refractivity contribution in [1.29, 1.82) is 0 Å². The van der Waals surface area contributed by atoms with Crippen LogP contribution in [0.2, 0.25) is 0 Å². The molecule has 1 N–H and O–H groups in total. The van der Waals surface area contributed by atoms with Crippen LogP contribution in [0.3, 0.4) is 0 Å². The first kappa shape index (κ1) is 14.9. The van der Waals surface area contributed by atoms with E-state index < -0.39 is 5.60 Å². The van der Waals surface area contributed by atoms with Crippen LogP contribution in [0.4, 0.5) is 4.79 Å². The number of carbonyl (C=O) groups excluding carboxylic acids is 1. The van der Waals surface area contributed by atoms with Gasteiger partial charge in [-0.2, -0.15) is 0 Å². The van der Waals surface area contributed by atoms with E-state index in [1.165, 1.54) is 12.8 Å². The average molecular weight is 319 g/mol. The summed E-state index contributed by atoms with van der Waals surface area (Å²) in [7, 11) is 0. The predicted molar refractivity (Wildman–Crippen MR) is 82.4 cm³/mol. The molecular weight excluding hydrogens is 294 g/mol. The fourth-order valence-electron chi connectivity index (χ4n) is 5.56. The molecule has 1 aromatic rings. The molecule has 4 saturated carbocycles. The molecule has 4 aliphatic carbocycles. The van der Waals surface area contributed by atoms with Crippen LogP contribution in [-0.4, -0.2) is 37.4 Å². The van der Waals surface area contributed by atoms with Crippen LogP contribution < -0.4 is 5.32 Å². The molecule has 0 spiro atoms. The zero-order valence-electron chi connectivity index (χ0n) is 14.1. The highest BCUT2D eigenvalue weighted by molar-refractivity contribution is 5.69. The number of tetrazole rings is 1. The average Bonchev–Trinajstić information content (AvgIpc) is 2.99. The minimum Gasteiger partial charge on any atom is -0.444 e. The molecule has 0 radical (unpaired) electrons. The summed E-state index contributed by atoms with van der Waals surface area (Å²) in [6, 6.07) is 0. The smallest absolute Gasteiger partial charge is 0.408 e. The number of hydrogen-bond donors (Lipinski definition) is 1. The van der Waals surface area contributed by atoms with E-state index in [2.05, 4.69) is 20.8 Å². The number of nitrogens with one attached hydrogen (secondary N) is 1. The SMILES string of the molecule is CC(C)(C)OC(=O)NC12CC3CC1CC(Cn1cnnn1)(C3)C2. The van der Waals surface area contributed by atoms with E-state index >= 15 is 0 Å². The highest BCUT2D eigenvalue weighted by atomic mass is 16.6. The van der Waals surface area contributed by atoms with Gasteiger partial charge >= 0.3 is 6.09 Å². The van der Waals surface area contributed by atoms with Gasteiger partial charge in [-0.15, -0.1) is 5.10 Å². The summed E-state index contributed by atoms with van der Waals surface area (Å²) in [4.78, 5) is 12.3. The Labute approximate surface area is 136 Å². The lowest BCUT2D eigenvalue weighted by Gasteiger charge is -2.41. The summed E-state index contributed by atoms with van der Waals surface area (Å²) in [6.07, 6.45) is 7.13. The number of alkyl carbamates (subject to hydrolysis) is 1.